The van der Waals surface area contributed by atoms with E-state index in [2.05, 4.69) is 17.2 Å². The summed E-state index contributed by atoms with van der Waals surface area (Å²) in [6, 6.07) is 2.84. The number of aromatic carboxylic acids is 1. The lowest BCUT2D eigenvalue weighted by atomic mass is 9.82. The number of carbonyl (C=O) groups is 2. The molecule has 2 atom stereocenters. The molecule has 1 amide bonds. The van der Waals surface area contributed by atoms with Gasteiger partial charge in [-0.1, -0.05) is 19.8 Å². The maximum absolute atomic E-state index is 12.0. The summed E-state index contributed by atoms with van der Waals surface area (Å²) >= 11 is 0. The summed E-state index contributed by atoms with van der Waals surface area (Å²) in [5.74, 6) is -0.0949. The van der Waals surface area contributed by atoms with Crippen LogP contribution in [0, 0.1) is 11.8 Å². The van der Waals surface area contributed by atoms with Gasteiger partial charge in [0.05, 0.1) is 0 Å². The van der Waals surface area contributed by atoms with Crippen LogP contribution in [-0.2, 0) is 0 Å². The predicted molar refractivity (Wildman–Crippen MR) is 74.7 cm³/mol. The van der Waals surface area contributed by atoms with Crippen molar-refractivity contribution in [2.75, 3.05) is 6.54 Å². The van der Waals surface area contributed by atoms with Crippen molar-refractivity contribution < 1.29 is 14.7 Å². The predicted octanol–water partition coefficient (Wildman–Crippen LogP) is 2.34. The van der Waals surface area contributed by atoms with E-state index in [4.69, 9.17) is 5.11 Å². The molecule has 0 aromatic carbocycles. The molecule has 20 heavy (non-hydrogen) atoms. The van der Waals surface area contributed by atoms with Gasteiger partial charge in [0.2, 0.25) is 0 Å². The summed E-state index contributed by atoms with van der Waals surface area (Å²) in [6.07, 6.45) is 6.15. The standard InChI is InChI=1S/C15H20N2O3/c1-10-3-2-4-11(7-10)9-17-14(18)12-5-6-16-13(8-12)15(19)20/h5-6,8,10-11H,2-4,7,9H2,1H3,(H,17,18)(H,19,20). The van der Waals surface area contributed by atoms with Crippen LogP contribution in [0.5, 0.6) is 0 Å². The zero-order valence-corrected chi connectivity index (χ0v) is 11.6. The SMILES string of the molecule is CC1CCCC(CNC(=O)c2ccnc(C(=O)O)c2)C1. The number of carboxylic acids is 1. The zero-order valence-electron chi connectivity index (χ0n) is 11.6. The molecule has 2 unspecified atom stereocenters. The first-order valence-corrected chi connectivity index (χ1v) is 7.04. The van der Waals surface area contributed by atoms with E-state index in [1.165, 1.54) is 31.2 Å². The highest BCUT2D eigenvalue weighted by molar-refractivity contribution is 5.96. The van der Waals surface area contributed by atoms with Crippen LogP contribution in [0.2, 0.25) is 0 Å². The Balaban J connectivity index is 1.91. The molecule has 1 aliphatic carbocycles. The van der Waals surface area contributed by atoms with Crippen LogP contribution in [0.3, 0.4) is 0 Å². The van der Waals surface area contributed by atoms with Gasteiger partial charge >= 0.3 is 5.97 Å². The highest BCUT2D eigenvalue weighted by atomic mass is 16.4. The molecule has 0 spiro atoms. The lowest BCUT2D eigenvalue weighted by molar-refractivity contribution is 0.0690. The van der Waals surface area contributed by atoms with E-state index in [-0.39, 0.29) is 11.6 Å². The quantitative estimate of drug-likeness (QED) is 0.884. The van der Waals surface area contributed by atoms with Gasteiger partial charge in [-0.05, 0) is 36.8 Å². The van der Waals surface area contributed by atoms with E-state index in [0.717, 1.165) is 18.8 Å². The Morgan fingerprint density at radius 1 is 1.45 bits per heavy atom. The van der Waals surface area contributed by atoms with Gasteiger partial charge < -0.3 is 10.4 Å². The molecule has 1 heterocycles. The Labute approximate surface area is 118 Å². The molecule has 2 rings (SSSR count). The molecule has 1 aliphatic rings. The number of aromatic nitrogens is 1. The molecule has 1 aromatic heterocycles. The number of pyridine rings is 1. The third-order valence-corrected chi connectivity index (χ3v) is 3.84. The molecular weight excluding hydrogens is 256 g/mol. The molecule has 2 N–H and O–H groups in total. The summed E-state index contributed by atoms with van der Waals surface area (Å²) in [5, 5.41) is 11.8. The molecule has 1 saturated carbocycles. The second-order valence-electron chi connectivity index (χ2n) is 5.58. The van der Waals surface area contributed by atoms with Crippen molar-refractivity contribution in [1.82, 2.24) is 10.3 Å². The zero-order chi connectivity index (χ0) is 14.5. The molecule has 0 saturated heterocycles. The first-order chi connectivity index (χ1) is 9.56. The number of amides is 1. The van der Waals surface area contributed by atoms with Crippen LogP contribution in [0.4, 0.5) is 0 Å². The Hall–Kier alpha value is -1.91. The minimum Gasteiger partial charge on any atom is -0.477 e. The smallest absolute Gasteiger partial charge is 0.354 e. The van der Waals surface area contributed by atoms with E-state index in [1.54, 1.807) is 0 Å². The van der Waals surface area contributed by atoms with E-state index in [9.17, 15) is 9.59 Å². The third kappa shape index (κ3) is 3.79. The van der Waals surface area contributed by atoms with Crippen molar-refractivity contribution in [3.63, 3.8) is 0 Å². The fourth-order valence-electron chi connectivity index (χ4n) is 2.77. The van der Waals surface area contributed by atoms with E-state index in [0.29, 0.717) is 18.0 Å². The van der Waals surface area contributed by atoms with Gasteiger partial charge in [-0.3, -0.25) is 4.79 Å². The Morgan fingerprint density at radius 3 is 2.95 bits per heavy atom. The topological polar surface area (TPSA) is 79.3 Å². The molecular formula is C15H20N2O3. The van der Waals surface area contributed by atoms with Crippen molar-refractivity contribution in [3.05, 3.63) is 29.6 Å². The molecule has 108 valence electrons. The maximum Gasteiger partial charge on any atom is 0.354 e. The number of carboxylic acid groups (broad SMARTS) is 1. The molecule has 1 aromatic rings. The van der Waals surface area contributed by atoms with Crippen molar-refractivity contribution in [2.45, 2.75) is 32.6 Å². The van der Waals surface area contributed by atoms with Crippen molar-refractivity contribution in [1.29, 1.82) is 0 Å². The molecule has 0 bridgehead atoms. The van der Waals surface area contributed by atoms with Gasteiger partial charge in [-0.25, -0.2) is 9.78 Å². The number of hydrogen-bond donors (Lipinski definition) is 2. The van der Waals surface area contributed by atoms with Crippen LogP contribution < -0.4 is 5.32 Å². The maximum atomic E-state index is 12.0. The Kier molecular flexibility index (Phi) is 4.71. The fraction of sp³-hybridized carbons (Fsp3) is 0.533. The van der Waals surface area contributed by atoms with Crippen LogP contribution >= 0.6 is 0 Å². The largest absolute Gasteiger partial charge is 0.477 e. The van der Waals surface area contributed by atoms with Gasteiger partial charge in [0.25, 0.3) is 5.91 Å². The molecule has 0 radical (unpaired) electrons. The third-order valence-electron chi connectivity index (χ3n) is 3.84. The van der Waals surface area contributed by atoms with E-state index >= 15 is 0 Å². The highest BCUT2D eigenvalue weighted by Gasteiger charge is 2.19. The van der Waals surface area contributed by atoms with Crippen molar-refractivity contribution >= 4 is 11.9 Å². The van der Waals surface area contributed by atoms with Crippen molar-refractivity contribution in [2.24, 2.45) is 11.8 Å². The second kappa shape index (κ2) is 6.50. The Morgan fingerprint density at radius 2 is 2.25 bits per heavy atom. The van der Waals surface area contributed by atoms with Gasteiger partial charge in [0.1, 0.15) is 5.69 Å². The lowest BCUT2D eigenvalue weighted by Gasteiger charge is -2.26. The first-order valence-electron chi connectivity index (χ1n) is 7.04. The van der Waals surface area contributed by atoms with Crippen LogP contribution in [0.1, 0.15) is 53.5 Å². The number of hydrogen-bond acceptors (Lipinski definition) is 3. The number of nitrogens with zero attached hydrogens (tertiary/aromatic N) is 1. The fourth-order valence-corrected chi connectivity index (χ4v) is 2.77. The van der Waals surface area contributed by atoms with E-state index in [1.807, 2.05) is 0 Å². The number of rotatable bonds is 4. The van der Waals surface area contributed by atoms with Gasteiger partial charge in [-0.2, -0.15) is 0 Å². The second-order valence-corrected chi connectivity index (χ2v) is 5.58. The van der Waals surface area contributed by atoms with Crippen LogP contribution in [-0.4, -0.2) is 28.5 Å². The summed E-state index contributed by atoms with van der Waals surface area (Å²) in [7, 11) is 0. The van der Waals surface area contributed by atoms with Gasteiger partial charge in [0, 0.05) is 18.3 Å². The number of carbonyl (C=O) groups excluding carboxylic acids is 1. The average Bonchev–Trinajstić information content (AvgIpc) is 2.45. The van der Waals surface area contributed by atoms with Gasteiger partial charge in [0.15, 0.2) is 0 Å². The first kappa shape index (κ1) is 14.5. The van der Waals surface area contributed by atoms with Crippen LogP contribution in [0.25, 0.3) is 0 Å². The lowest BCUT2D eigenvalue weighted by Crippen LogP contribution is -2.31. The summed E-state index contributed by atoms with van der Waals surface area (Å²) in [4.78, 5) is 26.5. The number of nitrogens with one attached hydrogen (secondary N) is 1. The van der Waals surface area contributed by atoms with Crippen molar-refractivity contribution in [3.8, 4) is 0 Å². The summed E-state index contributed by atoms with van der Waals surface area (Å²) < 4.78 is 0. The highest BCUT2D eigenvalue weighted by Crippen LogP contribution is 2.27. The monoisotopic (exact) mass is 276 g/mol. The molecule has 1 fully saturated rings. The molecule has 5 heteroatoms. The van der Waals surface area contributed by atoms with Crippen LogP contribution in [0.15, 0.2) is 18.3 Å². The molecule has 0 aliphatic heterocycles. The normalized spacial score (nSPS) is 22.2. The molecule has 5 nitrogen and oxygen atoms in total. The summed E-state index contributed by atoms with van der Waals surface area (Å²) in [6.45, 7) is 2.91. The summed E-state index contributed by atoms with van der Waals surface area (Å²) in [5.41, 5.74) is 0.241. The van der Waals surface area contributed by atoms with E-state index < -0.39 is 5.97 Å². The minimum absolute atomic E-state index is 0.107. The average molecular weight is 276 g/mol. The minimum atomic E-state index is -1.12. The Bertz CT molecular complexity index is 502. The van der Waals surface area contributed by atoms with Gasteiger partial charge in [-0.15, -0.1) is 0 Å².